The van der Waals surface area contributed by atoms with E-state index >= 15 is 0 Å². The molecule has 2 aromatic carbocycles. The van der Waals surface area contributed by atoms with E-state index in [0.717, 1.165) is 4.90 Å². The van der Waals surface area contributed by atoms with Crippen LogP contribution in [-0.4, -0.2) is 24.4 Å². The highest BCUT2D eigenvalue weighted by Gasteiger charge is 2.39. The predicted molar refractivity (Wildman–Crippen MR) is 95.9 cm³/mol. The van der Waals surface area contributed by atoms with E-state index in [1.165, 1.54) is 12.1 Å². The zero-order valence-corrected chi connectivity index (χ0v) is 14.3. The lowest BCUT2D eigenvalue weighted by Crippen LogP contribution is -2.58. The molecule has 0 aromatic heterocycles. The molecule has 8 heteroatoms. The fourth-order valence-electron chi connectivity index (χ4n) is 2.45. The Morgan fingerprint density at radius 1 is 1.08 bits per heavy atom. The summed E-state index contributed by atoms with van der Waals surface area (Å²) >= 11 is 11.7. The molecule has 0 bridgehead atoms. The zero-order chi connectivity index (χ0) is 18.0. The molecule has 2 N–H and O–H groups in total. The minimum Gasteiger partial charge on any atom is -0.336 e. The second-order valence-corrected chi connectivity index (χ2v) is 6.26. The number of nitrogens with zero attached hydrogens (tertiary/aromatic N) is 1. The molecule has 0 radical (unpaired) electrons. The summed E-state index contributed by atoms with van der Waals surface area (Å²) in [5.41, 5.74) is 0.812. The molecule has 2 aromatic rings. The average molecular weight is 378 g/mol. The van der Waals surface area contributed by atoms with Crippen molar-refractivity contribution in [2.45, 2.75) is 0 Å². The third-order valence-corrected chi connectivity index (χ3v) is 4.16. The summed E-state index contributed by atoms with van der Waals surface area (Å²) in [6.45, 7) is -0.0752. The second kappa shape index (κ2) is 7.13. The van der Waals surface area contributed by atoms with Crippen molar-refractivity contribution in [3.05, 3.63) is 58.6 Å². The lowest BCUT2D eigenvalue weighted by atomic mass is 10.0. The number of benzene rings is 2. The molecule has 1 atom stereocenters. The first-order valence-corrected chi connectivity index (χ1v) is 8.15. The summed E-state index contributed by atoms with van der Waals surface area (Å²) in [6.07, 6.45) is 0. The maximum absolute atomic E-state index is 12.7. The van der Waals surface area contributed by atoms with E-state index in [-0.39, 0.29) is 6.54 Å². The molecule has 4 amide bonds. The van der Waals surface area contributed by atoms with Gasteiger partial charge in [-0.3, -0.25) is 9.59 Å². The first-order valence-electron chi connectivity index (χ1n) is 7.39. The average Bonchev–Trinajstić information content (AvgIpc) is 2.56. The van der Waals surface area contributed by atoms with Crippen LogP contribution in [0.5, 0.6) is 0 Å². The SMILES string of the molecule is O=C(Nc1cccc(Cl)c1)C1CNC(=O)N(c2ccc(Cl)cc2)C1=O. The first kappa shape index (κ1) is 17.3. The summed E-state index contributed by atoms with van der Waals surface area (Å²) in [7, 11) is 0. The largest absolute Gasteiger partial charge is 0.336 e. The van der Waals surface area contributed by atoms with Crippen molar-refractivity contribution >= 4 is 52.4 Å². The van der Waals surface area contributed by atoms with Crippen LogP contribution in [0.4, 0.5) is 16.2 Å². The number of carbonyl (C=O) groups is 3. The van der Waals surface area contributed by atoms with E-state index in [1.807, 2.05) is 0 Å². The van der Waals surface area contributed by atoms with Gasteiger partial charge in [-0.25, -0.2) is 9.69 Å². The van der Waals surface area contributed by atoms with Gasteiger partial charge in [0.25, 0.3) is 0 Å². The molecule has 1 aliphatic rings. The zero-order valence-electron chi connectivity index (χ0n) is 12.8. The van der Waals surface area contributed by atoms with Crippen molar-refractivity contribution in [3.63, 3.8) is 0 Å². The molecule has 25 heavy (non-hydrogen) atoms. The van der Waals surface area contributed by atoms with Crippen LogP contribution in [-0.2, 0) is 9.59 Å². The standard InChI is InChI=1S/C17H13Cl2N3O3/c18-10-4-6-13(7-5-10)22-16(24)14(9-20-17(22)25)15(23)21-12-3-1-2-11(19)8-12/h1-8,14H,9H2,(H,20,25)(H,21,23). The van der Waals surface area contributed by atoms with Crippen molar-refractivity contribution in [2.75, 3.05) is 16.8 Å². The number of nitrogens with one attached hydrogen (secondary N) is 2. The Morgan fingerprint density at radius 3 is 2.48 bits per heavy atom. The molecule has 0 aliphatic carbocycles. The maximum Gasteiger partial charge on any atom is 0.328 e. The van der Waals surface area contributed by atoms with Crippen molar-refractivity contribution in [2.24, 2.45) is 5.92 Å². The molecule has 3 rings (SSSR count). The summed E-state index contributed by atoms with van der Waals surface area (Å²) < 4.78 is 0. The Bertz CT molecular complexity index is 839. The van der Waals surface area contributed by atoms with Gasteiger partial charge in [0.05, 0.1) is 5.69 Å². The summed E-state index contributed by atoms with van der Waals surface area (Å²) in [5.74, 6) is -2.18. The Hall–Kier alpha value is -2.57. The van der Waals surface area contributed by atoms with E-state index < -0.39 is 23.8 Å². The van der Waals surface area contributed by atoms with Gasteiger partial charge in [0.1, 0.15) is 5.92 Å². The van der Waals surface area contributed by atoms with Crippen LogP contribution in [0.15, 0.2) is 48.5 Å². The van der Waals surface area contributed by atoms with Gasteiger partial charge < -0.3 is 10.6 Å². The fourth-order valence-corrected chi connectivity index (χ4v) is 2.76. The molecular formula is C17H13Cl2N3O3. The Balaban J connectivity index is 1.80. The van der Waals surface area contributed by atoms with E-state index in [1.54, 1.807) is 36.4 Å². The lowest BCUT2D eigenvalue weighted by molar-refractivity contribution is -0.130. The highest BCUT2D eigenvalue weighted by Crippen LogP contribution is 2.23. The summed E-state index contributed by atoms with van der Waals surface area (Å²) in [4.78, 5) is 38.1. The minimum atomic E-state index is -1.05. The number of halogens is 2. The fraction of sp³-hybridized carbons (Fsp3) is 0.118. The minimum absolute atomic E-state index is 0.0752. The molecule has 1 fully saturated rings. The van der Waals surface area contributed by atoms with E-state index in [9.17, 15) is 14.4 Å². The summed E-state index contributed by atoms with van der Waals surface area (Å²) in [5, 5.41) is 6.12. The molecule has 1 heterocycles. The van der Waals surface area contributed by atoms with Gasteiger partial charge in [0.15, 0.2) is 0 Å². The number of rotatable bonds is 3. The third kappa shape index (κ3) is 3.75. The first-order chi connectivity index (χ1) is 12.0. The quantitative estimate of drug-likeness (QED) is 0.805. The van der Waals surface area contributed by atoms with Crippen molar-refractivity contribution < 1.29 is 14.4 Å². The number of hydrogen-bond donors (Lipinski definition) is 2. The third-order valence-electron chi connectivity index (χ3n) is 3.67. The number of hydrogen-bond acceptors (Lipinski definition) is 3. The number of carbonyl (C=O) groups excluding carboxylic acids is 3. The van der Waals surface area contributed by atoms with Crippen LogP contribution < -0.4 is 15.5 Å². The van der Waals surface area contributed by atoms with Gasteiger partial charge in [0.2, 0.25) is 11.8 Å². The van der Waals surface area contributed by atoms with Gasteiger partial charge in [-0.05, 0) is 42.5 Å². The molecule has 1 saturated heterocycles. The van der Waals surface area contributed by atoms with Crippen LogP contribution >= 0.6 is 23.2 Å². The Morgan fingerprint density at radius 2 is 1.80 bits per heavy atom. The van der Waals surface area contributed by atoms with Crippen molar-refractivity contribution in [3.8, 4) is 0 Å². The lowest BCUT2D eigenvalue weighted by Gasteiger charge is -2.30. The Labute approximate surface area is 153 Å². The molecular weight excluding hydrogens is 365 g/mol. The normalized spacial score (nSPS) is 17.2. The van der Waals surface area contributed by atoms with Gasteiger partial charge in [-0.1, -0.05) is 29.3 Å². The number of amides is 4. The molecule has 128 valence electrons. The van der Waals surface area contributed by atoms with E-state index in [2.05, 4.69) is 10.6 Å². The summed E-state index contributed by atoms with van der Waals surface area (Å²) in [6, 6.07) is 12.2. The van der Waals surface area contributed by atoms with E-state index in [0.29, 0.717) is 21.4 Å². The molecule has 1 aliphatic heterocycles. The van der Waals surface area contributed by atoms with Gasteiger partial charge in [-0.2, -0.15) is 0 Å². The molecule has 0 saturated carbocycles. The van der Waals surface area contributed by atoms with Crippen molar-refractivity contribution in [1.82, 2.24) is 5.32 Å². The van der Waals surface area contributed by atoms with Crippen LogP contribution in [0.1, 0.15) is 0 Å². The second-order valence-electron chi connectivity index (χ2n) is 5.39. The van der Waals surface area contributed by atoms with Gasteiger partial charge >= 0.3 is 6.03 Å². The van der Waals surface area contributed by atoms with Crippen molar-refractivity contribution in [1.29, 1.82) is 0 Å². The van der Waals surface area contributed by atoms with E-state index in [4.69, 9.17) is 23.2 Å². The maximum atomic E-state index is 12.7. The molecule has 6 nitrogen and oxygen atoms in total. The van der Waals surface area contributed by atoms with Crippen LogP contribution in [0.3, 0.4) is 0 Å². The number of anilines is 2. The number of urea groups is 1. The highest BCUT2D eigenvalue weighted by atomic mass is 35.5. The molecule has 0 spiro atoms. The topological polar surface area (TPSA) is 78.5 Å². The van der Waals surface area contributed by atoms with Crippen LogP contribution in [0, 0.1) is 5.92 Å². The van der Waals surface area contributed by atoms with Gasteiger partial charge in [-0.15, -0.1) is 0 Å². The molecule has 1 unspecified atom stereocenters. The highest BCUT2D eigenvalue weighted by molar-refractivity contribution is 6.31. The monoisotopic (exact) mass is 377 g/mol. The van der Waals surface area contributed by atoms with Crippen LogP contribution in [0.25, 0.3) is 0 Å². The van der Waals surface area contributed by atoms with Crippen LogP contribution in [0.2, 0.25) is 10.0 Å². The smallest absolute Gasteiger partial charge is 0.328 e. The number of imide groups is 1. The Kier molecular flexibility index (Phi) is 4.92. The predicted octanol–water partition coefficient (Wildman–Crippen LogP) is 3.30. The van der Waals surface area contributed by atoms with Gasteiger partial charge in [0, 0.05) is 22.3 Å².